The molecule has 1 N–H and O–H groups in total. The van der Waals surface area contributed by atoms with E-state index < -0.39 is 0 Å². The number of aryl methyl sites for hydroxylation is 1. The van der Waals surface area contributed by atoms with Crippen molar-refractivity contribution in [2.24, 2.45) is 0 Å². The molecule has 94 valence electrons. The Hall–Kier alpha value is -1.42. The Bertz CT molecular complexity index is 540. The van der Waals surface area contributed by atoms with Crippen molar-refractivity contribution in [2.45, 2.75) is 20.3 Å². The molecule has 0 unspecified atom stereocenters. The minimum absolute atomic E-state index is 0.834. The predicted molar refractivity (Wildman–Crippen MR) is 78.7 cm³/mol. The summed E-state index contributed by atoms with van der Waals surface area (Å²) >= 11 is 3.49. The minimum atomic E-state index is 0.834. The first-order valence-electron chi connectivity index (χ1n) is 6.10. The second kappa shape index (κ2) is 5.96. The fraction of sp³-hybridized carbons (Fsp3) is 0.286. The highest BCUT2D eigenvalue weighted by Gasteiger charge is 2.05. The van der Waals surface area contributed by atoms with Crippen molar-refractivity contribution < 1.29 is 0 Å². The summed E-state index contributed by atoms with van der Waals surface area (Å²) in [6, 6.07) is 10.1. The summed E-state index contributed by atoms with van der Waals surface area (Å²) in [4.78, 5) is 9.03. The highest BCUT2D eigenvalue weighted by atomic mass is 79.9. The highest BCUT2D eigenvalue weighted by molar-refractivity contribution is 9.10. The normalized spacial score (nSPS) is 10.4. The van der Waals surface area contributed by atoms with Crippen molar-refractivity contribution in [1.82, 2.24) is 9.97 Å². The first-order chi connectivity index (χ1) is 8.72. The summed E-state index contributed by atoms with van der Waals surface area (Å²) in [7, 11) is 0. The van der Waals surface area contributed by atoms with E-state index in [9.17, 15) is 0 Å². The quantitative estimate of drug-likeness (QED) is 0.931. The predicted octanol–water partition coefficient (Wildman–Crippen LogP) is 3.90. The second-order valence-corrected chi connectivity index (χ2v) is 4.86. The molecule has 0 aliphatic heterocycles. The molecule has 1 aromatic heterocycles. The lowest BCUT2D eigenvalue weighted by Gasteiger charge is -2.08. The molecule has 0 aliphatic carbocycles. The van der Waals surface area contributed by atoms with E-state index >= 15 is 0 Å². The van der Waals surface area contributed by atoms with Gasteiger partial charge < -0.3 is 5.32 Å². The fourth-order valence-corrected chi connectivity index (χ4v) is 2.12. The Morgan fingerprint density at radius 1 is 1.17 bits per heavy atom. The number of hydrogen-bond acceptors (Lipinski definition) is 3. The van der Waals surface area contributed by atoms with Crippen molar-refractivity contribution in [2.75, 3.05) is 11.9 Å². The van der Waals surface area contributed by atoms with E-state index in [0.717, 1.165) is 40.3 Å². The molecular weight excluding hydrogens is 290 g/mol. The molecule has 0 amide bonds. The number of nitrogens with zero attached hydrogens (tertiary/aromatic N) is 2. The molecule has 1 aromatic carbocycles. The van der Waals surface area contributed by atoms with Gasteiger partial charge in [-0.05, 0) is 19.1 Å². The Morgan fingerprint density at radius 2 is 2.00 bits per heavy atom. The van der Waals surface area contributed by atoms with Gasteiger partial charge in [-0.3, -0.25) is 0 Å². The van der Waals surface area contributed by atoms with E-state index in [1.54, 1.807) is 0 Å². The Morgan fingerprint density at radius 3 is 2.67 bits per heavy atom. The molecule has 0 atom stereocenters. The van der Waals surface area contributed by atoms with Gasteiger partial charge in [-0.2, -0.15) is 0 Å². The van der Waals surface area contributed by atoms with Gasteiger partial charge in [-0.25, -0.2) is 9.97 Å². The van der Waals surface area contributed by atoms with E-state index in [2.05, 4.69) is 57.2 Å². The monoisotopic (exact) mass is 305 g/mol. The van der Waals surface area contributed by atoms with Crippen molar-refractivity contribution in [1.29, 1.82) is 0 Å². The molecule has 0 fully saturated rings. The summed E-state index contributed by atoms with van der Waals surface area (Å²) in [5.41, 5.74) is 2.06. The lowest BCUT2D eigenvalue weighted by Crippen LogP contribution is -2.04. The largest absolute Gasteiger partial charge is 0.370 e. The van der Waals surface area contributed by atoms with Gasteiger partial charge in [0.2, 0.25) is 0 Å². The van der Waals surface area contributed by atoms with Crippen LogP contribution < -0.4 is 5.32 Å². The summed E-state index contributed by atoms with van der Waals surface area (Å²) < 4.78 is 1.06. The van der Waals surface area contributed by atoms with Crippen molar-refractivity contribution in [3.05, 3.63) is 40.6 Å². The van der Waals surface area contributed by atoms with Crippen LogP contribution in [0.2, 0.25) is 0 Å². The lowest BCUT2D eigenvalue weighted by atomic mass is 10.1. The average molecular weight is 306 g/mol. The van der Waals surface area contributed by atoms with Crippen LogP contribution in [0.3, 0.4) is 0 Å². The van der Waals surface area contributed by atoms with E-state index in [4.69, 9.17) is 0 Å². The molecule has 0 saturated carbocycles. The van der Waals surface area contributed by atoms with Crippen LogP contribution in [0.1, 0.15) is 19.7 Å². The van der Waals surface area contributed by atoms with Gasteiger partial charge in [0.1, 0.15) is 11.6 Å². The Balaban J connectivity index is 2.46. The molecule has 3 nitrogen and oxygen atoms in total. The maximum atomic E-state index is 4.57. The summed E-state index contributed by atoms with van der Waals surface area (Å²) in [5.74, 6) is 1.75. The number of aromatic nitrogens is 2. The van der Waals surface area contributed by atoms with Crippen molar-refractivity contribution >= 4 is 21.7 Å². The van der Waals surface area contributed by atoms with Gasteiger partial charge in [-0.15, -0.1) is 0 Å². The molecule has 4 heteroatoms. The molecule has 0 saturated heterocycles. The van der Waals surface area contributed by atoms with Gasteiger partial charge >= 0.3 is 0 Å². The molecule has 18 heavy (non-hydrogen) atoms. The number of anilines is 1. The molecule has 0 bridgehead atoms. The van der Waals surface area contributed by atoms with Crippen molar-refractivity contribution in [3.8, 4) is 11.3 Å². The van der Waals surface area contributed by atoms with Crippen LogP contribution in [0.4, 0.5) is 5.82 Å². The van der Waals surface area contributed by atoms with Crippen LogP contribution in [0.25, 0.3) is 11.3 Å². The Kier molecular flexibility index (Phi) is 4.31. The topological polar surface area (TPSA) is 37.8 Å². The molecule has 2 aromatic rings. The van der Waals surface area contributed by atoms with E-state index in [-0.39, 0.29) is 0 Å². The minimum Gasteiger partial charge on any atom is -0.370 e. The standard InChI is InChI=1S/C14H16BrN3/c1-3-13-17-12(9-14(18-13)16-4-2)10-6-5-7-11(15)8-10/h5-9H,3-4H2,1-2H3,(H,16,17,18). The number of halogens is 1. The average Bonchev–Trinajstić information content (AvgIpc) is 2.39. The van der Waals surface area contributed by atoms with Gasteiger partial charge in [-0.1, -0.05) is 35.0 Å². The maximum Gasteiger partial charge on any atom is 0.131 e. The second-order valence-electron chi connectivity index (χ2n) is 3.95. The molecule has 0 radical (unpaired) electrons. The smallest absolute Gasteiger partial charge is 0.131 e. The van der Waals surface area contributed by atoms with Crippen LogP contribution in [0, 0.1) is 0 Å². The highest BCUT2D eigenvalue weighted by Crippen LogP contribution is 2.23. The number of nitrogens with one attached hydrogen (secondary N) is 1. The summed E-state index contributed by atoms with van der Waals surface area (Å²) in [6.07, 6.45) is 0.834. The first-order valence-corrected chi connectivity index (χ1v) is 6.90. The van der Waals surface area contributed by atoms with Gasteiger partial charge in [0.05, 0.1) is 5.69 Å². The zero-order valence-electron chi connectivity index (χ0n) is 10.6. The third kappa shape index (κ3) is 3.07. The third-order valence-electron chi connectivity index (χ3n) is 2.57. The molecule has 0 spiro atoms. The summed E-state index contributed by atoms with van der Waals surface area (Å²) in [5, 5.41) is 3.24. The third-order valence-corrected chi connectivity index (χ3v) is 3.06. The van der Waals surface area contributed by atoms with Gasteiger partial charge in [0.25, 0.3) is 0 Å². The van der Waals surface area contributed by atoms with Crippen LogP contribution in [-0.4, -0.2) is 16.5 Å². The molecule has 2 rings (SSSR count). The maximum absolute atomic E-state index is 4.57. The molecular formula is C14H16BrN3. The zero-order valence-corrected chi connectivity index (χ0v) is 12.2. The number of hydrogen-bond donors (Lipinski definition) is 1. The van der Waals surface area contributed by atoms with Gasteiger partial charge in [0, 0.05) is 29.1 Å². The van der Waals surface area contributed by atoms with Crippen LogP contribution in [-0.2, 0) is 6.42 Å². The zero-order chi connectivity index (χ0) is 13.0. The summed E-state index contributed by atoms with van der Waals surface area (Å²) in [6.45, 7) is 4.99. The van der Waals surface area contributed by atoms with E-state index in [0.29, 0.717) is 0 Å². The molecule has 1 heterocycles. The van der Waals surface area contributed by atoms with E-state index in [1.165, 1.54) is 0 Å². The molecule has 0 aliphatic rings. The van der Waals surface area contributed by atoms with Crippen LogP contribution >= 0.6 is 15.9 Å². The fourth-order valence-electron chi connectivity index (χ4n) is 1.72. The van der Waals surface area contributed by atoms with Crippen LogP contribution in [0.5, 0.6) is 0 Å². The lowest BCUT2D eigenvalue weighted by molar-refractivity contribution is 0.939. The van der Waals surface area contributed by atoms with Gasteiger partial charge in [0.15, 0.2) is 0 Å². The SMILES string of the molecule is CCNc1cc(-c2cccc(Br)c2)nc(CC)n1. The Labute approximate surface area is 116 Å². The van der Waals surface area contributed by atoms with Crippen LogP contribution in [0.15, 0.2) is 34.8 Å². The number of benzene rings is 1. The first kappa shape index (κ1) is 13.0. The number of rotatable bonds is 4. The van der Waals surface area contributed by atoms with Crippen molar-refractivity contribution in [3.63, 3.8) is 0 Å². The van der Waals surface area contributed by atoms with E-state index in [1.807, 2.05) is 18.2 Å².